The van der Waals surface area contributed by atoms with Crippen molar-refractivity contribution in [2.75, 3.05) is 13.1 Å². The smallest absolute Gasteiger partial charge is 0.326 e. The normalized spacial score (nSPS) is 12.9. The molecule has 0 aromatic carbocycles. The van der Waals surface area contributed by atoms with Gasteiger partial charge in [0, 0.05) is 13.1 Å². The van der Waals surface area contributed by atoms with E-state index < -0.39 is 36.5 Å². The third-order valence-electron chi connectivity index (χ3n) is 2.78. The summed E-state index contributed by atoms with van der Waals surface area (Å²) in [6.07, 6.45) is -0.749. The van der Waals surface area contributed by atoms with Gasteiger partial charge in [0.2, 0.25) is 5.91 Å². The van der Waals surface area contributed by atoms with Crippen molar-refractivity contribution in [2.45, 2.75) is 39.3 Å². The highest BCUT2D eigenvalue weighted by molar-refractivity contribution is 5.89. The van der Waals surface area contributed by atoms with Crippen molar-refractivity contribution in [3.05, 3.63) is 0 Å². The van der Waals surface area contributed by atoms with Gasteiger partial charge in [-0.1, -0.05) is 0 Å². The second kappa shape index (κ2) is 8.77. The van der Waals surface area contributed by atoms with Crippen molar-refractivity contribution < 1.29 is 29.4 Å². The summed E-state index contributed by atoms with van der Waals surface area (Å²) in [5, 5.41) is 21.7. The standard InChI is InChI=1S/C12H21N3O6/c1-4-15(5-2)10(18)7(3)13-12(21)14-8(11(19)20)6-9(16)17/h7-8H,4-6H2,1-3H3,(H,16,17)(H,19,20)(H2,13,14,21)/t7?,8-/m1/s1. The van der Waals surface area contributed by atoms with Crippen molar-refractivity contribution in [2.24, 2.45) is 0 Å². The zero-order valence-electron chi connectivity index (χ0n) is 12.3. The number of nitrogens with zero attached hydrogens (tertiary/aromatic N) is 1. The molecule has 0 aliphatic rings. The molecule has 4 N–H and O–H groups in total. The van der Waals surface area contributed by atoms with Crippen LogP contribution in [0.15, 0.2) is 0 Å². The minimum atomic E-state index is -1.56. The molecular formula is C12H21N3O6. The highest BCUT2D eigenvalue weighted by Crippen LogP contribution is 1.96. The van der Waals surface area contributed by atoms with E-state index in [0.717, 1.165) is 0 Å². The zero-order valence-corrected chi connectivity index (χ0v) is 12.3. The van der Waals surface area contributed by atoms with E-state index in [4.69, 9.17) is 10.2 Å². The fraction of sp³-hybridized carbons (Fsp3) is 0.667. The minimum absolute atomic E-state index is 0.305. The fourth-order valence-corrected chi connectivity index (χ4v) is 1.64. The first-order chi connectivity index (χ1) is 9.72. The summed E-state index contributed by atoms with van der Waals surface area (Å²) < 4.78 is 0. The van der Waals surface area contributed by atoms with Crippen molar-refractivity contribution in [3.63, 3.8) is 0 Å². The van der Waals surface area contributed by atoms with Crippen LogP contribution in [-0.4, -0.2) is 64.2 Å². The van der Waals surface area contributed by atoms with Gasteiger partial charge in [-0.3, -0.25) is 9.59 Å². The van der Waals surface area contributed by atoms with Crippen LogP contribution in [0.2, 0.25) is 0 Å². The molecule has 3 amide bonds. The first-order valence-corrected chi connectivity index (χ1v) is 6.53. The van der Waals surface area contributed by atoms with Gasteiger partial charge in [0.05, 0.1) is 6.42 Å². The summed E-state index contributed by atoms with van der Waals surface area (Å²) >= 11 is 0. The molecule has 0 aliphatic carbocycles. The van der Waals surface area contributed by atoms with E-state index in [1.54, 1.807) is 13.8 Å². The van der Waals surface area contributed by atoms with Gasteiger partial charge in [-0.15, -0.1) is 0 Å². The molecule has 0 saturated carbocycles. The summed E-state index contributed by atoms with van der Waals surface area (Å²) in [4.78, 5) is 46.3. The number of urea groups is 1. The summed E-state index contributed by atoms with van der Waals surface area (Å²) in [5.41, 5.74) is 0. The van der Waals surface area contributed by atoms with Gasteiger partial charge in [-0.2, -0.15) is 0 Å². The Balaban J connectivity index is 4.56. The third kappa shape index (κ3) is 6.59. The van der Waals surface area contributed by atoms with Gasteiger partial charge in [-0.05, 0) is 20.8 Å². The highest BCUT2D eigenvalue weighted by Gasteiger charge is 2.25. The molecule has 9 nitrogen and oxygen atoms in total. The Morgan fingerprint density at radius 2 is 1.57 bits per heavy atom. The van der Waals surface area contributed by atoms with Crippen molar-refractivity contribution in [1.29, 1.82) is 0 Å². The first-order valence-electron chi connectivity index (χ1n) is 6.53. The average Bonchev–Trinajstić information content (AvgIpc) is 2.38. The number of carboxylic acids is 2. The predicted molar refractivity (Wildman–Crippen MR) is 72.7 cm³/mol. The second-order valence-corrected chi connectivity index (χ2v) is 4.34. The zero-order chi connectivity index (χ0) is 16.6. The predicted octanol–water partition coefficient (Wildman–Crippen LogP) is -0.530. The number of hydrogen-bond acceptors (Lipinski definition) is 4. The van der Waals surface area contributed by atoms with Gasteiger partial charge in [0.15, 0.2) is 0 Å². The first kappa shape index (κ1) is 18.7. The Hall–Kier alpha value is -2.32. The lowest BCUT2D eigenvalue weighted by Crippen LogP contribution is -2.53. The van der Waals surface area contributed by atoms with Gasteiger partial charge in [0.1, 0.15) is 12.1 Å². The van der Waals surface area contributed by atoms with Crippen molar-refractivity contribution >= 4 is 23.9 Å². The van der Waals surface area contributed by atoms with Crippen LogP contribution in [0, 0.1) is 0 Å². The van der Waals surface area contributed by atoms with E-state index in [0.29, 0.717) is 13.1 Å². The largest absolute Gasteiger partial charge is 0.481 e. The van der Waals surface area contributed by atoms with Crippen LogP contribution in [0.4, 0.5) is 4.79 Å². The molecule has 21 heavy (non-hydrogen) atoms. The molecule has 0 bridgehead atoms. The van der Waals surface area contributed by atoms with Gasteiger partial charge in [-0.25, -0.2) is 9.59 Å². The number of carboxylic acid groups (broad SMARTS) is 2. The molecule has 0 aromatic heterocycles. The quantitative estimate of drug-likeness (QED) is 0.476. The van der Waals surface area contributed by atoms with E-state index >= 15 is 0 Å². The Bertz CT molecular complexity index is 408. The number of carbonyl (C=O) groups excluding carboxylic acids is 2. The molecule has 0 saturated heterocycles. The van der Waals surface area contributed by atoms with Crippen LogP contribution in [0.25, 0.3) is 0 Å². The van der Waals surface area contributed by atoms with E-state index in [1.807, 2.05) is 5.32 Å². The summed E-state index contributed by atoms with van der Waals surface area (Å²) in [6.45, 7) is 6.02. The summed E-state index contributed by atoms with van der Waals surface area (Å²) in [5.74, 6) is -3.12. The molecule has 0 rings (SSSR count). The minimum Gasteiger partial charge on any atom is -0.481 e. The lowest BCUT2D eigenvalue weighted by molar-refractivity contribution is -0.145. The molecule has 0 fully saturated rings. The Labute approximate surface area is 122 Å². The maximum atomic E-state index is 11.9. The van der Waals surface area contributed by atoms with Gasteiger partial charge < -0.3 is 25.7 Å². The molecule has 0 heterocycles. The summed E-state index contributed by atoms with van der Waals surface area (Å²) in [7, 11) is 0. The Morgan fingerprint density at radius 1 is 1.05 bits per heavy atom. The maximum Gasteiger partial charge on any atom is 0.326 e. The van der Waals surface area contributed by atoms with Crippen LogP contribution in [0.5, 0.6) is 0 Å². The summed E-state index contributed by atoms with van der Waals surface area (Å²) in [6, 6.07) is -3.31. The van der Waals surface area contributed by atoms with Crippen LogP contribution >= 0.6 is 0 Å². The topological polar surface area (TPSA) is 136 Å². The molecular weight excluding hydrogens is 282 g/mol. The molecule has 0 spiro atoms. The lowest BCUT2D eigenvalue weighted by Gasteiger charge is -2.24. The SMILES string of the molecule is CCN(CC)C(=O)C(C)NC(=O)N[C@H](CC(=O)O)C(=O)O. The second-order valence-electron chi connectivity index (χ2n) is 4.34. The van der Waals surface area contributed by atoms with E-state index in [-0.39, 0.29) is 5.91 Å². The van der Waals surface area contributed by atoms with Crippen LogP contribution < -0.4 is 10.6 Å². The number of nitrogens with one attached hydrogen (secondary N) is 2. The molecule has 2 atom stereocenters. The van der Waals surface area contributed by atoms with Gasteiger partial charge in [0.25, 0.3) is 0 Å². The van der Waals surface area contributed by atoms with Gasteiger partial charge >= 0.3 is 18.0 Å². The van der Waals surface area contributed by atoms with Crippen molar-refractivity contribution in [3.8, 4) is 0 Å². The molecule has 0 aromatic rings. The number of hydrogen-bond donors (Lipinski definition) is 4. The highest BCUT2D eigenvalue weighted by atomic mass is 16.4. The lowest BCUT2D eigenvalue weighted by atomic mass is 10.2. The van der Waals surface area contributed by atoms with Crippen molar-refractivity contribution in [1.82, 2.24) is 15.5 Å². The molecule has 9 heteroatoms. The third-order valence-corrected chi connectivity index (χ3v) is 2.78. The number of rotatable bonds is 8. The van der Waals surface area contributed by atoms with E-state index in [1.165, 1.54) is 11.8 Å². The number of amides is 3. The average molecular weight is 303 g/mol. The van der Waals surface area contributed by atoms with Crippen LogP contribution in [0.1, 0.15) is 27.2 Å². The van der Waals surface area contributed by atoms with E-state index in [9.17, 15) is 19.2 Å². The van der Waals surface area contributed by atoms with Crippen LogP contribution in [0.3, 0.4) is 0 Å². The number of aliphatic carboxylic acids is 2. The number of likely N-dealkylation sites (N-methyl/N-ethyl adjacent to an activating group) is 1. The number of carbonyl (C=O) groups is 4. The fourth-order valence-electron chi connectivity index (χ4n) is 1.64. The van der Waals surface area contributed by atoms with E-state index in [2.05, 4.69) is 5.32 Å². The monoisotopic (exact) mass is 303 g/mol. The Morgan fingerprint density at radius 3 is 1.95 bits per heavy atom. The molecule has 120 valence electrons. The molecule has 0 aliphatic heterocycles. The maximum absolute atomic E-state index is 11.9. The van der Waals surface area contributed by atoms with Crippen LogP contribution in [-0.2, 0) is 14.4 Å². The Kier molecular flexibility index (Phi) is 7.80. The molecule has 1 unspecified atom stereocenters. The molecule has 0 radical (unpaired) electrons.